The van der Waals surface area contributed by atoms with E-state index in [2.05, 4.69) is 5.32 Å². The summed E-state index contributed by atoms with van der Waals surface area (Å²) in [7, 11) is 0. The number of benzene rings is 1. The van der Waals surface area contributed by atoms with Crippen LogP contribution in [0.5, 0.6) is 0 Å². The number of aliphatic hydroxyl groups is 1. The summed E-state index contributed by atoms with van der Waals surface area (Å²) < 4.78 is 5.02. The number of carbonyl (C=O) groups is 2. The zero-order valence-electron chi connectivity index (χ0n) is 13.9. The lowest BCUT2D eigenvalue weighted by Gasteiger charge is -2.22. The second-order valence-corrected chi connectivity index (χ2v) is 7.28. The molecule has 0 aliphatic carbocycles. The van der Waals surface area contributed by atoms with Gasteiger partial charge in [-0.3, -0.25) is 4.79 Å². The van der Waals surface area contributed by atoms with Gasteiger partial charge < -0.3 is 20.1 Å². The molecule has 0 radical (unpaired) electrons. The number of nitrogens with zero attached hydrogens (tertiary/aromatic N) is 1. The number of thiophene rings is 1. The lowest BCUT2D eigenvalue weighted by Crippen LogP contribution is -2.46. The first-order chi connectivity index (χ1) is 12.0. The van der Waals surface area contributed by atoms with Crippen molar-refractivity contribution in [3.05, 3.63) is 52.2 Å². The fourth-order valence-corrected chi connectivity index (χ4v) is 3.62. The first-order valence-corrected chi connectivity index (χ1v) is 8.91. The lowest BCUT2D eigenvalue weighted by atomic mass is 10.2. The van der Waals surface area contributed by atoms with Crippen LogP contribution in [-0.2, 0) is 16.0 Å². The number of rotatable bonds is 5. The third kappa shape index (κ3) is 4.00. The molecule has 0 spiro atoms. The van der Waals surface area contributed by atoms with Crippen LogP contribution < -0.4 is 10.2 Å². The fourth-order valence-electron chi connectivity index (χ4n) is 2.73. The number of hydrogen-bond acceptors (Lipinski definition) is 5. The molecule has 2 heterocycles. The zero-order valence-corrected chi connectivity index (χ0v) is 14.7. The molecule has 7 heteroatoms. The van der Waals surface area contributed by atoms with E-state index in [4.69, 9.17) is 4.74 Å². The van der Waals surface area contributed by atoms with Crippen molar-refractivity contribution in [3.63, 3.8) is 0 Å². The van der Waals surface area contributed by atoms with Crippen LogP contribution in [0.1, 0.15) is 16.2 Å². The molecule has 0 saturated carbocycles. The molecule has 0 unspecified atom stereocenters. The van der Waals surface area contributed by atoms with Gasteiger partial charge in [0.15, 0.2) is 0 Å². The maximum Gasteiger partial charge on any atom is 0.410 e. The third-order valence-electron chi connectivity index (χ3n) is 4.02. The molecule has 2 N–H and O–H groups in total. The molecule has 1 aromatic carbocycles. The largest absolute Gasteiger partial charge is 0.410 e. The molecule has 25 heavy (non-hydrogen) atoms. The van der Waals surface area contributed by atoms with Crippen molar-refractivity contribution in [3.8, 4) is 0 Å². The molecule has 1 fully saturated rings. The maximum absolute atomic E-state index is 12.4. The predicted octanol–water partition coefficient (Wildman–Crippen LogP) is 2.45. The van der Waals surface area contributed by atoms with Gasteiger partial charge >= 0.3 is 6.09 Å². The SMILES string of the molecule is Cc1ccc(CCNC(=O)O[C@@]2(O)CCN(c3ccccc3)C2=O)s1. The van der Waals surface area contributed by atoms with E-state index < -0.39 is 17.8 Å². The molecule has 132 valence electrons. The molecular formula is C18H20N2O4S. The molecule has 2 amide bonds. The first kappa shape index (κ1) is 17.4. The van der Waals surface area contributed by atoms with Gasteiger partial charge in [0.1, 0.15) is 0 Å². The Morgan fingerprint density at radius 3 is 2.76 bits per heavy atom. The first-order valence-electron chi connectivity index (χ1n) is 8.09. The topological polar surface area (TPSA) is 78.9 Å². The van der Waals surface area contributed by atoms with Crippen LogP contribution in [0.25, 0.3) is 0 Å². The highest BCUT2D eigenvalue weighted by Gasteiger charge is 2.49. The van der Waals surface area contributed by atoms with E-state index >= 15 is 0 Å². The van der Waals surface area contributed by atoms with Crippen molar-refractivity contribution in [2.24, 2.45) is 0 Å². The Kier molecular flexibility index (Phi) is 5.06. The van der Waals surface area contributed by atoms with E-state index in [0.717, 1.165) is 4.88 Å². The van der Waals surface area contributed by atoms with Crippen molar-refractivity contribution in [1.82, 2.24) is 5.32 Å². The van der Waals surface area contributed by atoms with Crippen LogP contribution in [0.4, 0.5) is 10.5 Å². The number of amides is 2. The Labute approximate surface area is 150 Å². The highest BCUT2D eigenvalue weighted by atomic mass is 32.1. The van der Waals surface area contributed by atoms with E-state index in [1.165, 1.54) is 9.78 Å². The Balaban J connectivity index is 1.53. The molecule has 0 bridgehead atoms. The lowest BCUT2D eigenvalue weighted by molar-refractivity contribution is -0.175. The van der Waals surface area contributed by atoms with Crippen molar-refractivity contribution in [1.29, 1.82) is 0 Å². The summed E-state index contributed by atoms with van der Waals surface area (Å²) >= 11 is 1.67. The molecule has 2 aromatic rings. The number of nitrogens with one attached hydrogen (secondary N) is 1. The summed E-state index contributed by atoms with van der Waals surface area (Å²) in [6.07, 6.45) is -0.0759. The van der Waals surface area contributed by atoms with Gasteiger partial charge in [0, 0.05) is 35.0 Å². The van der Waals surface area contributed by atoms with Crippen LogP contribution in [0, 0.1) is 6.92 Å². The van der Waals surface area contributed by atoms with Crippen molar-refractivity contribution in [2.45, 2.75) is 25.6 Å². The second kappa shape index (κ2) is 7.25. The van der Waals surface area contributed by atoms with E-state index in [1.807, 2.05) is 25.1 Å². The minimum absolute atomic E-state index is 0.0399. The van der Waals surface area contributed by atoms with Gasteiger partial charge in [-0.15, -0.1) is 11.3 Å². The Morgan fingerprint density at radius 1 is 1.32 bits per heavy atom. The van der Waals surface area contributed by atoms with Gasteiger partial charge in [-0.1, -0.05) is 18.2 Å². The van der Waals surface area contributed by atoms with E-state index in [0.29, 0.717) is 25.2 Å². The Hall–Kier alpha value is -2.38. The molecule has 3 rings (SSSR count). The number of para-hydroxylation sites is 1. The number of hydrogen-bond donors (Lipinski definition) is 2. The van der Waals surface area contributed by atoms with Gasteiger partial charge in [-0.2, -0.15) is 0 Å². The number of anilines is 1. The normalized spacial score (nSPS) is 19.9. The van der Waals surface area contributed by atoms with Crippen molar-refractivity contribution >= 4 is 29.0 Å². The van der Waals surface area contributed by atoms with Crippen molar-refractivity contribution in [2.75, 3.05) is 18.0 Å². The summed E-state index contributed by atoms with van der Waals surface area (Å²) in [6, 6.07) is 13.0. The molecule has 1 aromatic heterocycles. The van der Waals surface area contributed by atoms with Gasteiger partial charge in [0.2, 0.25) is 0 Å². The van der Waals surface area contributed by atoms with Gasteiger partial charge in [0.25, 0.3) is 11.7 Å². The minimum Gasteiger partial charge on any atom is -0.407 e. The Bertz CT molecular complexity index is 761. The quantitative estimate of drug-likeness (QED) is 0.803. The average molecular weight is 360 g/mol. The number of carbonyl (C=O) groups excluding carboxylic acids is 2. The summed E-state index contributed by atoms with van der Waals surface area (Å²) in [5.74, 6) is -2.73. The van der Waals surface area contributed by atoms with Crippen LogP contribution in [-0.4, -0.2) is 36.0 Å². The standard InChI is InChI=1S/C18H20N2O4S/c1-13-7-8-15(25-13)9-11-19-17(22)24-18(23)10-12-20(16(18)21)14-5-3-2-4-6-14/h2-8,23H,9-12H2,1H3,(H,19,22)/t18-/m0/s1. The number of alkyl carbamates (subject to hydrolysis) is 1. The van der Waals surface area contributed by atoms with E-state index in [1.54, 1.807) is 35.6 Å². The molecule has 1 saturated heterocycles. The zero-order chi connectivity index (χ0) is 17.9. The maximum atomic E-state index is 12.4. The summed E-state index contributed by atoms with van der Waals surface area (Å²) in [4.78, 5) is 28.1. The molecule has 1 atom stereocenters. The predicted molar refractivity (Wildman–Crippen MR) is 95.6 cm³/mol. The van der Waals surface area contributed by atoms with Crippen LogP contribution >= 0.6 is 11.3 Å². The molecule has 1 aliphatic heterocycles. The smallest absolute Gasteiger partial charge is 0.407 e. The van der Waals surface area contributed by atoms with Crippen LogP contribution in [0.3, 0.4) is 0 Å². The van der Waals surface area contributed by atoms with Crippen LogP contribution in [0.2, 0.25) is 0 Å². The van der Waals surface area contributed by atoms with E-state index in [-0.39, 0.29) is 6.42 Å². The van der Waals surface area contributed by atoms with Crippen LogP contribution in [0.15, 0.2) is 42.5 Å². The summed E-state index contributed by atoms with van der Waals surface area (Å²) in [6.45, 7) is 2.70. The summed E-state index contributed by atoms with van der Waals surface area (Å²) in [5, 5.41) is 13.0. The van der Waals surface area contributed by atoms with Gasteiger partial charge in [0.05, 0.1) is 0 Å². The van der Waals surface area contributed by atoms with E-state index in [9.17, 15) is 14.7 Å². The van der Waals surface area contributed by atoms with Crippen molar-refractivity contribution < 1.29 is 19.4 Å². The number of aryl methyl sites for hydroxylation is 1. The molecule has 6 nitrogen and oxygen atoms in total. The van der Waals surface area contributed by atoms with Gasteiger partial charge in [-0.25, -0.2) is 4.79 Å². The second-order valence-electron chi connectivity index (χ2n) is 5.91. The average Bonchev–Trinajstić information content (AvgIpc) is 3.12. The monoisotopic (exact) mass is 360 g/mol. The Morgan fingerprint density at radius 2 is 2.08 bits per heavy atom. The number of ether oxygens (including phenoxy) is 1. The third-order valence-corrected chi connectivity index (χ3v) is 5.08. The highest BCUT2D eigenvalue weighted by molar-refractivity contribution is 7.11. The summed E-state index contributed by atoms with van der Waals surface area (Å²) in [5.41, 5.74) is 0.667. The highest BCUT2D eigenvalue weighted by Crippen LogP contribution is 2.29. The fraction of sp³-hybridized carbons (Fsp3) is 0.333. The minimum atomic E-state index is -2.11. The van der Waals surface area contributed by atoms with Gasteiger partial charge in [-0.05, 0) is 37.6 Å². The molecular weight excluding hydrogens is 340 g/mol. The molecule has 1 aliphatic rings.